The first kappa shape index (κ1) is 12.0. The van der Waals surface area contributed by atoms with Gasteiger partial charge in [-0.05, 0) is 57.9 Å². The first-order chi connectivity index (χ1) is 8.06. The van der Waals surface area contributed by atoms with E-state index in [-0.39, 0.29) is 16.9 Å². The molecule has 0 unspecified atom stereocenters. The minimum absolute atomic E-state index is 0.150. The summed E-state index contributed by atoms with van der Waals surface area (Å²) in [6.45, 7) is 0. The van der Waals surface area contributed by atoms with Crippen LogP contribution in [0.1, 0.15) is 10.6 Å². The highest BCUT2D eigenvalue weighted by atomic mass is 79.9. The fraction of sp³-hybridized carbons (Fsp3) is 0. The van der Waals surface area contributed by atoms with E-state index >= 15 is 0 Å². The number of amides is 1. The van der Waals surface area contributed by atoms with Crippen LogP contribution in [0.15, 0.2) is 39.2 Å². The van der Waals surface area contributed by atoms with Crippen LogP contribution >= 0.6 is 27.5 Å². The zero-order valence-electron chi connectivity index (χ0n) is 8.54. The second-order valence-corrected chi connectivity index (χ2v) is 4.52. The largest absolute Gasteiger partial charge is 0.440 e. The van der Waals surface area contributed by atoms with E-state index in [2.05, 4.69) is 21.2 Å². The highest BCUT2D eigenvalue weighted by molar-refractivity contribution is 9.10. The van der Waals surface area contributed by atoms with Crippen LogP contribution in [0.4, 0.5) is 11.4 Å². The molecule has 0 aliphatic carbocycles. The molecule has 88 valence electrons. The zero-order chi connectivity index (χ0) is 12.4. The standard InChI is InChI=1S/C11H8BrClN2O2/c12-7-2-1-6(5-8(7)14)15-11(16)9-3-4-10(13)17-9/h1-5H,14H2,(H,15,16). The van der Waals surface area contributed by atoms with E-state index in [1.807, 2.05) is 0 Å². The number of carbonyl (C=O) groups excluding carboxylic acids is 1. The van der Waals surface area contributed by atoms with Gasteiger partial charge in [-0.1, -0.05) is 0 Å². The third kappa shape index (κ3) is 2.81. The number of carbonyl (C=O) groups is 1. The summed E-state index contributed by atoms with van der Waals surface area (Å²) >= 11 is 8.85. The molecule has 0 fully saturated rings. The maximum Gasteiger partial charge on any atom is 0.291 e. The lowest BCUT2D eigenvalue weighted by Gasteiger charge is -2.05. The van der Waals surface area contributed by atoms with Crippen LogP contribution in [0.2, 0.25) is 5.22 Å². The number of furan rings is 1. The number of benzene rings is 1. The quantitative estimate of drug-likeness (QED) is 0.833. The lowest BCUT2D eigenvalue weighted by Crippen LogP contribution is -2.10. The molecule has 2 rings (SSSR count). The molecule has 0 radical (unpaired) electrons. The van der Waals surface area contributed by atoms with Gasteiger partial charge in [0.1, 0.15) is 0 Å². The van der Waals surface area contributed by atoms with Crippen LogP contribution in [0.5, 0.6) is 0 Å². The second kappa shape index (κ2) is 4.81. The average Bonchev–Trinajstić information content (AvgIpc) is 2.70. The third-order valence-corrected chi connectivity index (χ3v) is 2.98. The van der Waals surface area contributed by atoms with Crippen molar-refractivity contribution in [1.29, 1.82) is 0 Å². The predicted molar refractivity (Wildman–Crippen MR) is 70.2 cm³/mol. The van der Waals surface area contributed by atoms with Gasteiger partial charge in [0.05, 0.1) is 0 Å². The number of nitrogen functional groups attached to an aromatic ring is 1. The minimum Gasteiger partial charge on any atom is -0.440 e. The van der Waals surface area contributed by atoms with Gasteiger partial charge in [0.25, 0.3) is 5.91 Å². The van der Waals surface area contributed by atoms with E-state index in [9.17, 15) is 4.79 Å². The highest BCUT2D eigenvalue weighted by Crippen LogP contribution is 2.23. The van der Waals surface area contributed by atoms with Crippen molar-refractivity contribution in [2.45, 2.75) is 0 Å². The predicted octanol–water partition coefficient (Wildman–Crippen LogP) is 3.53. The molecule has 0 aliphatic rings. The molecule has 6 heteroatoms. The van der Waals surface area contributed by atoms with Gasteiger partial charge in [-0.3, -0.25) is 4.79 Å². The van der Waals surface area contributed by atoms with Crippen molar-refractivity contribution in [2.24, 2.45) is 0 Å². The van der Waals surface area contributed by atoms with Gasteiger partial charge in [-0.25, -0.2) is 0 Å². The normalized spacial score (nSPS) is 10.2. The molecule has 0 saturated carbocycles. The van der Waals surface area contributed by atoms with Gasteiger partial charge >= 0.3 is 0 Å². The molecule has 0 aliphatic heterocycles. The Labute approximate surface area is 111 Å². The second-order valence-electron chi connectivity index (χ2n) is 3.29. The van der Waals surface area contributed by atoms with Crippen LogP contribution in [0.25, 0.3) is 0 Å². The number of hydrogen-bond donors (Lipinski definition) is 2. The Morgan fingerprint density at radius 3 is 2.71 bits per heavy atom. The summed E-state index contributed by atoms with van der Waals surface area (Å²) in [6.07, 6.45) is 0. The van der Waals surface area contributed by atoms with Crippen LogP contribution < -0.4 is 11.1 Å². The summed E-state index contributed by atoms with van der Waals surface area (Å²) in [4.78, 5) is 11.7. The summed E-state index contributed by atoms with van der Waals surface area (Å²) in [6, 6.07) is 8.13. The smallest absolute Gasteiger partial charge is 0.291 e. The Bertz CT molecular complexity index is 568. The van der Waals surface area contributed by atoms with E-state index in [1.54, 1.807) is 18.2 Å². The summed E-state index contributed by atoms with van der Waals surface area (Å²) in [7, 11) is 0. The molecule has 3 N–H and O–H groups in total. The van der Waals surface area contributed by atoms with E-state index in [1.165, 1.54) is 12.1 Å². The van der Waals surface area contributed by atoms with Crippen molar-refractivity contribution in [3.63, 3.8) is 0 Å². The van der Waals surface area contributed by atoms with Crippen LogP contribution in [-0.4, -0.2) is 5.91 Å². The molecule has 0 spiro atoms. The number of nitrogens with two attached hydrogens (primary N) is 1. The van der Waals surface area contributed by atoms with Gasteiger partial charge in [0.15, 0.2) is 11.0 Å². The van der Waals surface area contributed by atoms with Crippen LogP contribution in [-0.2, 0) is 0 Å². The van der Waals surface area contributed by atoms with E-state index in [4.69, 9.17) is 21.8 Å². The highest BCUT2D eigenvalue weighted by Gasteiger charge is 2.11. The van der Waals surface area contributed by atoms with Crippen LogP contribution in [0.3, 0.4) is 0 Å². The SMILES string of the molecule is Nc1cc(NC(=O)c2ccc(Cl)o2)ccc1Br. The van der Waals surface area contributed by atoms with Gasteiger partial charge in [-0.2, -0.15) is 0 Å². The van der Waals surface area contributed by atoms with Gasteiger partial charge in [0, 0.05) is 15.8 Å². The fourth-order valence-corrected chi connectivity index (χ4v) is 1.64. The number of halogens is 2. The molecular weight excluding hydrogens is 307 g/mol. The molecular formula is C11H8BrClN2O2. The molecule has 0 atom stereocenters. The van der Waals surface area contributed by atoms with E-state index < -0.39 is 0 Å². The van der Waals surface area contributed by atoms with Crippen molar-refractivity contribution in [2.75, 3.05) is 11.1 Å². The number of rotatable bonds is 2. The maximum atomic E-state index is 11.7. The van der Waals surface area contributed by atoms with Gasteiger partial charge in [0.2, 0.25) is 0 Å². The first-order valence-corrected chi connectivity index (χ1v) is 5.85. The lowest BCUT2D eigenvalue weighted by atomic mass is 10.3. The van der Waals surface area contributed by atoms with Crippen molar-refractivity contribution < 1.29 is 9.21 Å². The van der Waals surface area contributed by atoms with Crippen LogP contribution in [0, 0.1) is 0 Å². The molecule has 1 aromatic carbocycles. The van der Waals surface area contributed by atoms with E-state index in [0.717, 1.165) is 4.47 Å². The fourth-order valence-electron chi connectivity index (χ4n) is 1.25. The number of hydrogen-bond acceptors (Lipinski definition) is 3. The molecule has 0 saturated heterocycles. The molecule has 17 heavy (non-hydrogen) atoms. The monoisotopic (exact) mass is 314 g/mol. The summed E-state index contributed by atoms with van der Waals surface area (Å²) in [5.74, 6) is -0.227. The molecule has 1 amide bonds. The Hall–Kier alpha value is -1.46. The van der Waals surface area contributed by atoms with Crippen molar-refractivity contribution in [1.82, 2.24) is 0 Å². The Morgan fingerprint density at radius 2 is 2.12 bits per heavy atom. The van der Waals surface area contributed by atoms with Gasteiger partial charge < -0.3 is 15.5 Å². The first-order valence-electron chi connectivity index (χ1n) is 4.68. The minimum atomic E-state index is -0.376. The summed E-state index contributed by atoms with van der Waals surface area (Å²) in [5, 5.41) is 2.82. The maximum absolute atomic E-state index is 11.7. The molecule has 4 nitrogen and oxygen atoms in total. The molecule has 2 aromatic rings. The van der Waals surface area contributed by atoms with Crippen molar-refractivity contribution >= 4 is 44.8 Å². The van der Waals surface area contributed by atoms with E-state index in [0.29, 0.717) is 11.4 Å². The summed E-state index contributed by atoms with van der Waals surface area (Å²) < 4.78 is 5.76. The zero-order valence-corrected chi connectivity index (χ0v) is 10.9. The summed E-state index contributed by atoms with van der Waals surface area (Å²) in [5.41, 5.74) is 6.82. The Morgan fingerprint density at radius 1 is 1.35 bits per heavy atom. The Balaban J connectivity index is 2.15. The molecule has 0 bridgehead atoms. The topological polar surface area (TPSA) is 68.3 Å². The van der Waals surface area contributed by atoms with Crippen molar-refractivity contribution in [3.05, 3.63) is 45.8 Å². The number of nitrogens with one attached hydrogen (secondary N) is 1. The average molecular weight is 316 g/mol. The number of anilines is 2. The lowest BCUT2D eigenvalue weighted by molar-refractivity contribution is 0.0997. The van der Waals surface area contributed by atoms with Crippen molar-refractivity contribution in [3.8, 4) is 0 Å². The molecule has 1 aromatic heterocycles. The Kier molecular flexibility index (Phi) is 3.40. The van der Waals surface area contributed by atoms with Gasteiger partial charge in [-0.15, -0.1) is 0 Å². The third-order valence-electron chi connectivity index (χ3n) is 2.05. The molecule has 1 heterocycles.